The minimum absolute atomic E-state index is 0.198. The van der Waals surface area contributed by atoms with Crippen LogP contribution in [0.15, 0.2) is 27.1 Å². The number of hydrogen-bond donors (Lipinski definition) is 0. The molecular weight excluding hydrogens is 332 g/mol. The fourth-order valence-electron chi connectivity index (χ4n) is 1.47. The number of halogens is 2. The first-order valence-corrected chi connectivity index (χ1v) is 7.24. The average Bonchev–Trinajstić information content (AvgIpc) is 2.85. The lowest BCUT2D eigenvalue weighted by Gasteiger charge is -2.11. The van der Waals surface area contributed by atoms with Crippen molar-refractivity contribution >= 4 is 27.5 Å². The molecule has 0 radical (unpaired) electrons. The van der Waals surface area contributed by atoms with Gasteiger partial charge in [-0.2, -0.15) is 0 Å². The van der Waals surface area contributed by atoms with Crippen LogP contribution in [0.4, 0.5) is 0 Å². The Balaban J connectivity index is 2.33. The van der Waals surface area contributed by atoms with E-state index in [1.54, 1.807) is 0 Å². The summed E-state index contributed by atoms with van der Waals surface area (Å²) < 4.78 is 12.2. The molecule has 0 atom stereocenters. The molecule has 0 amide bonds. The highest BCUT2D eigenvalue weighted by molar-refractivity contribution is 9.10. The maximum Gasteiger partial charge on any atom is 0.251 e. The summed E-state index contributed by atoms with van der Waals surface area (Å²) in [5, 5.41) is 7.84. The summed E-state index contributed by atoms with van der Waals surface area (Å²) in [7, 11) is 0. The Morgan fingerprint density at radius 1 is 1.37 bits per heavy atom. The smallest absolute Gasteiger partial charge is 0.251 e. The minimum Gasteiger partial charge on any atom is -0.492 e. The van der Waals surface area contributed by atoms with Gasteiger partial charge < -0.3 is 9.15 Å². The van der Waals surface area contributed by atoms with Crippen molar-refractivity contribution in [2.24, 2.45) is 5.92 Å². The standard InChI is InChI=1S/C13H14BrClN2O2/c1-8(2)7-18-11-4-3-9(14)5-10(11)13-17-16-12(6-15)19-13/h3-5,8H,6-7H2,1-2H3. The summed E-state index contributed by atoms with van der Waals surface area (Å²) in [5.41, 5.74) is 0.763. The van der Waals surface area contributed by atoms with Crippen LogP contribution in [-0.2, 0) is 5.88 Å². The highest BCUT2D eigenvalue weighted by atomic mass is 79.9. The molecule has 102 valence electrons. The first-order valence-electron chi connectivity index (χ1n) is 5.91. The molecule has 0 bridgehead atoms. The second-order valence-electron chi connectivity index (χ2n) is 4.48. The van der Waals surface area contributed by atoms with Gasteiger partial charge in [0.05, 0.1) is 12.2 Å². The van der Waals surface area contributed by atoms with Crippen molar-refractivity contribution in [2.45, 2.75) is 19.7 Å². The molecule has 0 unspecified atom stereocenters. The Hall–Kier alpha value is -1.07. The molecule has 0 aliphatic heterocycles. The molecule has 6 heteroatoms. The van der Waals surface area contributed by atoms with Crippen molar-refractivity contribution in [2.75, 3.05) is 6.61 Å². The summed E-state index contributed by atoms with van der Waals surface area (Å²) in [6, 6.07) is 5.69. The van der Waals surface area contributed by atoms with E-state index in [-0.39, 0.29) is 5.88 Å². The maximum absolute atomic E-state index is 5.77. The molecule has 2 rings (SSSR count). The van der Waals surface area contributed by atoms with E-state index in [1.165, 1.54) is 0 Å². The molecule has 4 nitrogen and oxygen atoms in total. The van der Waals surface area contributed by atoms with Gasteiger partial charge >= 0.3 is 0 Å². The van der Waals surface area contributed by atoms with E-state index >= 15 is 0 Å². The molecule has 0 saturated heterocycles. The normalized spacial score (nSPS) is 11.0. The predicted octanol–water partition coefficient (Wildman–Crippen LogP) is 4.27. The van der Waals surface area contributed by atoms with Crippen LogP contribution in [-0.4, -0.2) is 16.8 Å². The molecule has 2 aromatic rings. The number of benzene rings is 1. The SMILES string of the molecule is CC(C)COc1ccc(Br)cc1-c1nnc(CCl)o1. The Morgan fingerprint density at radius 3 is 2.79 bits per heavy atom. The van der Waals surface area contributed by atoms with Gasteiger partial charge in [0.25, 0.3) is 5.89 Å². The molecule has 0 fully saturated rings. The quantitative estimate of drug-likeness (QED) is 0.759. The van der Waals surface area contributed by atoms with Gasteiger partial charge in [0.15, 0.2) is 0 Å². The van der Waals surface area contributed by atoms with Crippen LogP contribution in [0.3, 0.4) is 0 Å². The van der Waals surface area contributed by atoms with Crippen molar-refractivity contribution in [3.63, 3.8) is 0 Å². The highest BCUT2D eigenvalue weighted by Crippen LogP contribution is 2.32. The summed E-state index contributed by atoms with van der Waals surface area (Å²) in [6.45, 7) is 4.82. The van der Waals surface area contributed by atoms with Gasteiger partial charge in [-0.15, -0.1) is 21.8 Å². The van der Waals surface area contributed by atoms with Crippen LogP contribution in [0.1, 0.15) is 19.7 Å². The molecule has 0 saturated carbocycles. The minimum atomic E-state index is 0.198. The van der Waals surface area contributed by atoms with Crippen LogP contribution in [0.2, 0.25) is 0 Å². The highest BCUT2D eigenvalue weighted by Gasteiger charge is 2.14. The molecule has 0 aliphatic carbocycles. The number of alkyl halides is 1. The molecular formula is C13H14BrClN2O2. The topological polar surface area (TPSA) is 48.2 Å². The number of ether oxygens (including phenoxy) is 1. The lowest BCUT2D eigenvalue weighted by molar-refractivity contribution is 0.271. The van der Waals surface area contributed by atoms with Crippen molar-refractivity contribution in [1.29, 1.82) is 0 Å². The van der Waals surface area contributed by atoms with Gasteiger partial charge in [-0.1, -0.05) is 29.8 Å². The molecule has 1 heterocycles. The summed E-state index contributed by atoms with van der Waals surface area (Å²) in [6.07, 6.45) is 0. The zero-order valence-electron chi connectivity index (χ0n) is 10.7. The zero-order valence-corrected chi connectivity index (χ0v) is 13.0. The maximum atomic E-state index is 5.77. The Morgan fingerprint density at radius 2 is 2.16 bits per heavy atom. The second-order valence-corrected chi connectivity index (χ2v) is 5.66. The monoisotopic (exact) mass is 344 g/mol. The molecule has 0 spiro atoms. The van der Waals surface area contributed by atoms with Gasteiger partial charge in [0, 0.05) is 4.47 Å². The molecule has 0 aliphatic rings. The molecule has 1 aromatic heterocycles. The first-order chi connectivity index (χ1) is 9.10. The van der Waals surface area contributed by atoms with Crippen LogP contribution >= 0.6 is 27.5 Å². The lowest BCUT2D eigenvalue weighted by Crippen LogP contribution is -2.05. The predicted molar refractivity (Wildman–Crippen MR) is 77.3 cm³/mol. The van der Waals surface area contributed by atoms with E-state index in [2.05, 4.69) is 40.0 Å². The third-order valence-corrected chi connectivity index (χ3v) is 3.05. The molecule has 1 aromatic carbocycles. The van der Waals surface area contributed by atoms with E-state index in [9.17, 15) is 0 Å². The fourth-order valence-corrected chi connectivity index (χ4v) is 1.94. The van der Waals surface area contributed by atoms with E-state index in [1.807, 2.05) is 18.2 Å². The molecule has 0 N–H and O–H groups in total. The fraction of sp³-hybridized carbons (Fsp3) is 0.385. The number of rotatable bonds is 5. The van der Waals surface area contributed by atoms with Crippen LogP contribution in [0.25, 0.3) is 11.5 Å². The van der Waals surface area contributed by atoms with Gasteiger partial charge in [-0.3, -0.25) is 0 Å². The third-order valence-electron chi connectivity index (χ3n) is 2.33. The van der Waals surface area contributed by atoms with Crippen molar-refractivity contribution in [3.05, 3.63) is 28.6 Å². The van der Waals surface area contributed by atoms with Crippen LogP contribution < -0.4 is 4.74 Å². The summed E-state index contributed by atoms with van der Waals surface area (Å²) >= 11 is 9.09. The largest absolute Gasteiger partial charge is 0.492 e. The Bertz CT molecular complexity index is 557. The zero-order chi connectivity index (χ0) is 13.8. The average molecular weight is 346 g/mol. The summed E-state index contributed by atoms with van der Waals surface area (Å²) in [5.74, 6) is 2.17. The van der Waals surface area contributed by atoms with E-state index in [0.717, 1.165) is 15.8 Å². The van der Waals surface area contributed by atoms with Crippen LogP contribution in [0.5, 0.6) is 5.75 Å². The van der Waals surface area contributed by atoms with Gasteiger partial charge in [0.1, 0.15) is 11.6 Å². The number of hydrogen-bond acceptors (Lipinski definition) is 4. The van der Waals surface area contributed by atoms with E-state index in [0.29, 0.717) is 24.3 Å². The number of nitrogens with zero attached hydrogens (tertiary/aromatic N) is 2. The van der Waals surface area contributed by atoms with Gasteiger partial charge in [-0.05, 0) is 24.1 Å². The van der Waals surface area contributed by atoms with Gasteiger partial charge in [-0.25, -0.2) is 0 Å². The van der Waals surface area contributed by atoms with Crippen molar-refractivity contribution < 1.29 is 9.15 Å². The summed E-state index contributed by atoms with van der Waals surface area (Å²) in [4.78, 5) is 0. The van der Waals surface area contributed by atoms with E-state index < -0.39 is 0 Å². The van der Waals surface area contributed by atoms with Crippen LogP contribution in [0, 0.1) is 5.92 Å². The van der Waals surface area contributed by atoms with Crippen molar-refractivity contribution in [1.82, 2.24) is 10.2 Å². The second kappa shape index (κ2) is 6.39. The van der Waals surface area contributed by atoms with Gasteiger partial charge in [0.2, 0.25) is 5.89 Å². The Kier molecular flexibility index (Phi) is 4.82. The lowest BCUT2D eigenvalue weighted by atomic mass is 10.2. The first kappa shape index (κ1) is 14.3. The van der Waals surface area contributed by atoms with Crippen molar-refractivity contribution in [3.8, 4) is 17.2 Å². The third kappa shape index (κ3) is 3.70. The Labute approximate surface area is 125 Å². The van der Waals surface area contributed by atoms with E-state index in [4.69, 9.17) is 20.8 Å². The number of aromatic nitrogens is 2. The molecule has 19 heavy (non-hydrogen) atoms.